The Hall–Kier alpha value is -0.720. The molecule has 0 heterocycles. The molecule has 2 heteroatoms. The molecule has 0 fully saturated rings. The van der Waals surface area contributed by atoms with Gasteiger partial charge in [0.1, 0.15) is 0 Å². The lowest BCUT2D eigenvalue weighted by Crippen LogP contribution is -1.74. The van der Waals surface area contributed by atoms with Crippen LogP contribution in [0.4, 0.5) is 0 Å². The first kappa shape index (κ1) is 7.90. The maximum absolute atomic E-state index is 5.97. The molecule has 0 unspecified atom stereocenters. The molecule has 2 rings (SSSR count). The van der Waals surface area contributed by atoms with Gasteiger partial charge in [-0.1, -0.05) is 47.5 Å². The Labute approximate surface area is 80.7 Å². The van der Waals surface area contributed by atoms with Crippen LogP contribution in [0, 0.1) is 6.07 Å². The van der Waals surface area contributed by atoms with Crippen LogP contribution in [0.1, 0.15) is 0 Å². The van der Waals surface area contributed by atoms with Crippen molar-refractivity contribution in [1.82, 2.24) is 0 Å². The molecule has 0 saturated carbocycles. The molecule has 1 radical (unpaired) electrons. The standard InChI is InChI=1S/C10H5Cl2/c11-9-6-5-7-3-1-2-4-8(7)10(9)12/h1-4,6H. The van der Waals surface area contributed by atoms with Crippen LogP contribution in [0.25, 0.3) is 10.8 Å². The normalized spacial score (nSPS) is 10.5. The van der Waals surface area contributed by atoms with Crippen molar-refractivity contribution < 1.29 is 0 Å². The fourth-order valence-electron chi connectivity index (χ4n) is 1.13. The lowest BCUT2D eigenvalue weighted by Gasteiger charge is -2.00. The second kappa shape index (κ2) is 2.96. The molecule has 0 aliphatic carbocycles. The van der Waals surface area contributed by atoms with E-state index in [9.17, 15) is 0 Å². The van der Waals surface area contributed by atoms with Crippen molar-refractivity contribution in [3.05, 3.63) is 46.4 Å². The predicted octanol–water partition coefficient (Wildman–Crippen LogP) is 3.95. The molecular weight excluding hydrogens is 191 g/mol. The average Bonchev–Trinajstić information content (AvgIpc) is 2.12. The van der Waals surface area contributed by atoms with Crippen molar-refractivity contribution in [3.8, 4) is 0 Å². The molecule has 2 aromatic carbocycles. The molecule has 0 spiro atoms. The summed E-state index contributed by atoms with van der Waals surface area (Å²) < 4.78 is 0. The lowest BCUT2D eigenvalue weighted by molar-refractivity contribution is 1.73. The highest BCUT2D eigenvalue weighted by atomic mass is 35.5. The third-order valence-electron chi connectivity index (χ3n) is 1.73. The Bertz CT molecular complexity index is 421. The van der Waals surface area contributed by atoms with Gasteiger partial charge in [0.25, 0.3) is 0 Å². The number of rotatable bonds is 0. The molecule has 0 saturated heterocycles. The van der Waals surface area contributed by atoms with Gasteiger partial charge in [-0.15, -0.1) is 0 Å². The number of benzene rings is 2. The third-order valence-corrected chi connectivity index (χ3v) is 2.53. The van der Waals surface area contributed by atoms with Crippen molar-refractivity contribution in [2.24, 2.45) is 0 Å². The van der Waals surface area contributed by atoms with Crippen LogP contribution in [0.3, 0.4) is 0 Å². The number of fused-ring (bicyclic) bond motifs is 1. The van der Waals surface area contributed by atoms with Crippen molar-refractivity contribution >= 4 is 34.0 Å². The predicted molar refractivity (Wildman–Crippen MR) is 52.8 cm³/mol. The van der Waals surface area contributed by atoms with Gasteiger partial charge in [0.05, 0.1) is 10.0 Å². The zero-order valence-electron chi connectivity index (χ0n) is 6.14. The summed E-state index contributed by atoms with van der Waals surface area (Å²) in [7, 11) is 0. The Kier molecular flexibility index (Phi) is 1.95. The molecule has 0 atom stereocenters. The molecule has 0 aromatic heterocycles. The largest absolute Gasteiger partial charge is 0.0827 e. The zero-order chi connectivity index (χ0) is 8.55. The Morgan fingerprint density at radius 2 is 1.83 bits per heavy atom. The summed E-state index contributed by atoms with van der Waals surface area (Å²) >= 11 is 11.8. The summed E-state index contributed by atoms with van der Waals surface area (Å²) in [6, 6.07) is 12.5. The van der Waals surface area contributed by atoms with E-state index < -0.39 is 0 Å². The van der Waals surface area contributed by atoms with Gasteiger partial charge in [0.15, 0.2) is 0 Å². The van der Waals surface area contributed by atoms with E-state index >= 15 is 0 Å². The Balaban J connectivity index is 2.91. The minimum atomic E-state index is 0.551. The van der Waals surface area contributed by atoms with Gasteiger partial charge in [-0.3, -0.25) is 0 Å². The molecule has 59 valence electrons. The summed E-state index contributed by atoms with van der Waals surface area (Å²) in [5, 5.41) is 3.10. The molecule has 0 bridgehead atoms. The molecule has 0 aliphatic rings. The van der Waals surface area contributed by atoms with E-state index in [4.69, 9.17) is 23.2 Å². The van der Waals surface area contributed by atoms with Gasteiger partial charge in [-0.05, 0) is 17.5 Å². The third kappa shape index (κ3) is 1.17. The van der Waals surface area contributed by atoms with Crippen LogP contribution < -0.4 is 0 Å². The number of hydrogen-bond donors (Lipinski definition) is 0. The first-order chi connectivity index (χ1) is 5.79. The molecule has 0 nitrogen and oxygen atoms in total. The number of hydrogen-bond acceptors (Lipinski definition) is 0. The topological polar surface area (TPSA) is 0 Å². The fourth-order valence-corrected chi connectivity index (χ4v) is 1.51. The number of halogens is 2. The summed E-state index contributed by atoms with van der Waals surface area (Å²) in [5.41, 5.74) is 0. The first-order valence-electron chi connectivity index (χ1n) is 3.53. The van der Waals surface area contributed by atoms with Crippen molar-refractivity contribution in [2.45, 2.75) is 0 Å². The monoisotopic (exact) mass is 195 g/mol. The summed E-state index contributed by atoms with van der Waals surface area (Å²) in [5.74, 6) is 0. The van der Waals surface area contributed by atoms with Crippen LogP contribution in [-0.2, 0) is 0 Å². The van der Waals surface area contributed by atoms with Gasteiger partial charge in [0.2, 0.25) is 0 Å². The van der Waals surface area contributed by atoms with E-state index in [0.717, 1.165) is 10.8 Å². The minimum absolute atomic E-state index is 0.551. The highest BCUT2D eigenvalue weighted by Gasteiger charge is 2.01. The van der Waals surface area contributed by atoms with Crippen LogP contribution in [0.5, 0.6) is 0 Å². The highest BCUT2D eigenvalue weighted by molar-refractivity contribution is 6.45. The van der Waals surface area contributed by atoms with Crippen molar-refractivity contribution in [2.75, 3.05) is 0 Å². The smallest absolute Gasteiger partial charge is 0.0671 e. The van der Waals surface area contributed by atoms with E-state index in [1.807, 2.05) is 24.3 Å². The zero-order valence-corrected chi connectivity index (χ0v) is 7.65. The second-order valence-corrected chi connectivity index (χ2v) is 3.28. The average molecular weight is 196 g/mol. The lowest BCUT2D eigenvalue weighted by atomic mass is 10.1. The second-order valence-electron chi connectivity index (χ2n) is 2.50. The molecule has 12 heavy (non-hydrogen) atoms. The highest BCUT2D eigenvalue weighted by Crippen LogP contribution is 2.29. The quantitative estimate of drug-likeness (QED) is 0.598. The van der Waals surface area contributed by atoms with E-state index in [1.54, 1.807) is 6.07 Å². The molecule has 0 N–H and O–H groups in total. The first-order valence-corrected chi connectivity index (χ1v) is 4.29. The SMILES string of the molecule is Clc1c[c]c2ccccc2c1Cl. The molecular formula is C10H5Cl2. The molecule has 0 amide bonds. The van der Waals surface area contributed by atoms with Crippen LogP contribution in [0.15, 0.2) is 30.3 Å². The van der Waals surface area contributed by atoms with Gasteiger partial charge >= 0.3 is 0 Å². The Morgan fingerprint density at radius 3 is 2.67 bits per heavy atom. The maximum atomic E-state index is 5.97. The van der Waals surface area contributed by atoms with Gasteiger partial charge in [0, 0.05) is 5.39 Å². The van der Waals surface area contributed by atoms with Crippen LogP contribution in [-0.4, -0.2) is 0 Å². The van der Waals surface area contributed by atoms with Crippen LogP contribution in [0.2, 0.25) is 10.0 Å². The Morgan fingerprint density at radius 1 is 1.08 bits per heavy atom. The van der Waals surface area contributed by atoms with E-state index in [2.05, 4.69) is 6.07 Å². The maximum Gasteiger partial charge on any atom is 0.0671 e. The summed E-state index contributed by atoms with van der Waals surface area (Å²) in [6.07, 6.45) is 0. The summed E-state index contributed by atoms with van der Waals surface area (Å²) in [6.45, 7) is 0. The van der Waals surface area contributed by atoms with E-state index in [-0.39, 0.29) is 0 Å². The van der Waals surface area contributed by atoms with E-state index in [0.29, 0.717) is 10.0 Å². The molecule has 0 aliphatic heterocycles. The van der Waals surface area contributed by atoms with Gasteiger partial charge in [-0.2, -0.15) is 0 Å². The van der Waals surface area contributed by atoms with Crippen molar-refractivity contribution in [1.29, 1.82) is 0 Å². The van der Waals surface area contributed by atoms with Gasteiger partial charge in [-0.25, -0.2) is 0 Å². The van der Waals surface area contributed by atoms with Gasteiger partial charge < -0.3 is 0 Å². The minimum Gasteiger partial charge on any atom is -0.0827 e. The fraction of sp³-hybridized carbons (Fsp3) is 0. The molecule has 2 aromatic rings. The summed E-state index contributed by atoms with van der Waals surface area (Å²) in [4.78, 5) is 0. The van der Waals surface area contributed by atoms with Crippen molar-refractivity contribution in [3.63, 3.8) is 0 Å². The van der Waals surface area contributed by atoms with E-state index in [1.165, 1.54) is 0 Å². The van der Waals surface area contributed by atoms with Crippen LogP contribution >= 0.6 is 23.2 Å².